The topological polar surface area (TPSA) is 34.6 Å². The SMILES string of the molecule is CCCCc1nc2c(c3c1C[C@H](C)OC3)CN(Cc1ccc(OC)cc1)CC2. The summed E-state index contributed by atoms with van der Waals surface area (Å²) < 4.78 is 11.3. The Hall–Kier alpha value is -1.91. The maximum absolute atomic E-state index is 6.05. The molecule has 2 aromatic rings. The lowest BCUT2D eigenvalue weighted by atomic mass is 9.89. The normalized spacial score (nSPS) is 19.2. The molecule has 0 spiro atoms. The van der Waals surface area contributed by atoms with Crippen LogP contribution < -0.4 is 4.74 Å². The van der Waals surface area contributed by atoms with Crippen LogP contribution in [0.3, 0.4) is 0 Å². The predicted octanol–water partition coefficient (Wildman–Crippen LogP) is 4.45. The largest absolute Gasteiger partial charge is 0.497 e. The van der Waals surface area contributed by atoms with Crippen molar-refractivity contribution in [2.75, 3.05) is 13.7 Å². The third-order valence-electron chi connectivity index (χ3n) is 6.08. The summed E-state index contributed by atoms with van der Waals surface area (Å²) in [4.78, 5) is 7.70. The Labute approximate surface area is 168 Å². The number of methoxy groups -OCH3 is 1. The molecule has 150 valence electrons. The van der Waals surface area contributed by atoms with Crippen LogP contribution in [0, 0.1) is 0 Å². The van der Waals surface area contributed by atoms with E-state index in [9.17, 15) is 0 Å². The van der Waals surface area contributed by atoms with Crippen molar-refractivity contribution in [3.63, 3.8) is 0 Å². The third kappa shape index (κ3) is 4.08. The minimum atomic E-state index is 0.298. The first-order valence-electron chi connectivity index (χ1n) is 10.7. The van der Waals surface area contributed by atoms with Crippen LogP contribution in [0.1, 0.15) is 60.3 Å². The molecule has 0 unspecified atom stereocenters. The lowest BCUT2D eigenvalue weighted by Crippen LogP contribution is -2.34. The fourth-order valence-corrected chi connectivity index (χ4v) is 4.45. The van der Waals surface area contributed by atoms with Crippen LogP contribution in [-0.4, -0.2) is 29.6 Å². The molecule has 1 aromatic carbocycles. The van der Waals surface area contributed by atoms with Crippen molar-refractivity contribution >= 4 is 0 Å². The zero-order valence-electron chi connectivity index (χ0n) is 17.5. The number of ether oxygens (including phenoxy) is 2. The van der Waals surface area contributed by atoms with E-state index in [1.807, 2.05) is 12.1 Å². The lowest BCUT2D eigenvalue weighted by Gasteiger charge is -2.34. The minimum absolute atomic E-state index is 0.298. The van der Waals surface area contributed by atoms with E-state index in [1.54, 1.807) is 7.11 Å². The molecule has 4 heteroatoms. The van der Waals surface area contributed by atoms with Crippen LogP contribution in [0.2, 0.25) is 0 Å². The van der Waals surface area contributed by atoms with Crippen LogP contribution >= 0.6 is 0 Å². The summed E-state index contributed by atoms with van der Waals surface area (Å²) in [5.41, 5.74) is 8.34. The van der Waals surface area contributed by atoms with Gasteiger partial charge in [-0.2, -0.15) is 0 Å². The highest BCUT2D eigenvalue weighted by Gasteiger charge is 2.28. The number of nitrogens with zero attached hydrogens (tertiary/aromatic N) is 2. The fraction of sp³-hybridized carbons (Fsp3) is 0.542. The molecule has 3 heterocycles. The number of aromatic nitrogens is 1. The number of unbranched alkanes of at least 4 members (excludes halogenated alkanes) is 1. The first-order chi connectivity index (χ1) is 13.7. The first kappa shape index (κ1) is 19.4. The zero-order valence-corrected chi connectivity index (χ0v) is 17.5. The van der Waals surface area contributed by atoms with Crippen LogP contribution in [0.15, 0.2) is 24.3 Å². The number of fused-ring (bicyclic) bond motifs is 3. The summed E-state index contributed by atoms with van der Waals surface area (Å²) in [7, 11) is 1.71. The number of benzene rings is 1. The van der Waals surface area contributed by atoms with E-state index in [4.69, 9.17) is 14.5 Å². The Morgan fingerprint density at radius 3 is 2.75 bits per heavy atom. The van der Waals surface area contributed by atoms with Gasteiger partial charge in [0.1, 0.15) is 5.75 Å². The molecule has 1 aromatic heterocycles. The molecule has 0 amide bonds. The molecule has 0 fully saturated rings. The Kier molecular flexibility index (Phi) is 5.98. The number of rotatable bonds is 6. The van der Waals surface area contributed by atoms with Crippen molar-refractivity contribution in [1.82, 2.24) is 9.88 Å². The van der Waals surface area contributed by atoms with E-state index < -0.39 is 0 Å². The average Bonchev–Trinajstić information content (AvgIpc) is 2.72. The van der Waals surface area contributed by atoms with Gasteiger partial charge in [0.05, 0.1) is 19.8 Å². The number of pyridine rings is 1. The molecule has 2 aliphatic heterocycles. The van der Waals surface area contributed by atoms with Gasteiger partial charge >= 0.3 is 0 Å². The quantitative estimate of drug-likeness (QED) is 0.741. The molecule has 4 rings (SSSR count). The van der Waals surface area contributed by atoms with Crippen molar-refractivity contribution in [2.24, 2.45) is 0 Å². The summed E-state index contributed by atoms with van der Waals surface area (Å²) in [6.07, 6.45) is 5.88. The van der Waals surface area contributed by atoms with Crippen molar-refractivity contribution in [2.45, 2.75) is 71.8 Å². The van der Waals surface area contributed by atoms with Gasteiger partial charge < -0.3 is 9.47 Å². The molecule has 0 aliphatic carbocycles. The highest BCUT2D eigenvalue weighted by molar-refractivity contribution is 5.43. The highest BCUT2D eigenvalue weighted by Crippen LogP contribution is 2.32. The second-order valence-corrected chi connectivity index (χ2v) is 8.18. The number of aryl methyl sites for hydroxylation is 1. The Balaban J connectivity index is 1.57. The van der Waals surface area contributed by atoms with Gasteiger partial charge in [-0.15, -0.1) is 0 Å². The second kappa shape index (κ2) is 8.62. The van der Waals surface area contributed by atoms with Crippen molar-refractivity contribution in [1.29, 1.82) is 0 Å². The molecule has 0 saturated heterocycles. The van der Waals surface area contributed by atoms with Gasteiger partial charge in [0.2, 0.25) is 0 Å². The molecule has 0 radical (unpaired) electrons. The second-order valence-electron chi connectivity index (χ2n) is 8.18. The molecular formula is C24H32N2O2. The third-order valence-corrected chi connectivity index (χ3v) is 6.08. The maximum Gasteiger partial charge on any atom is 0.118 e. The monoisotopic (exact) mass is 380 g/mol. The summed E-state index contributed by atoms with van der Waals surface area (Å²) in [5, 5.41) is 0. The smallest absolute Gasteiger partial charge is 0.118 e. The van der Waals surface area contributed by atoms with Gasteiger partial charge in [-0.3, -0.25) is 9.88 Å². The molecule has 1 atom stereocenters. The van der Waals surface area contributed by atoms with E-state index in [0.29, 0.717) is 6.10 Å². The van der Waals surface area contributed by atoms with Crippen LogP contribution in [0.5, 0.6) is 5.75 Å². The summed E-state index contributed by atoms with van der Waals surface area (Å²) in [5.74, 6) is 0.914. The van der Waals surface area contributed by atoms with Gasteiger partial charge in [0, 0.05) is 43.9 Å². The minimum Gasteiger partial charge on any atom is -0.497 e. The van der Waals surface area contributed by atoms with Gasteiger partial charge in [0.25, 0.3) is 0 Å². The lowest BCUT2D eigenvalue weighted by molar-refractivity contribution is 0.0391. The van der Waals surface area contributed by atoms with Crippen molar-refractivity contribution in [3.8, 4) is 5.75 Å². The van der Waals surface area contributed by atoms with Gasteiger partial charge in [-0.1, -0.05) is 25.5 Å². The summed E-state index contributed by atoms with van der Waals surface area (Å²) in [6, 6.07) is 8.43. The average molecular weight is 381 g/mol. The molecule has 0 bridgehead atoms. The summed E-state index contributed by atoms with van der Waals surface area (Å²) in [6.45, 7) is 8.19. The Morgan fingerprint density at radius 2 is 2.00 bits per heavy atom. The summed E-state index contributed by atoms with van der Waals surface area (Å²) >= 11 is 0. The van der Waals surface area contributed by atoms with Crippen LogP contribution in [0.4, 0.5) is 0 Å². The number of hydrogen-bond donors (Lipinski definition) is 0. The first-order valence-corrected chi connectivity index (χ1v) is 10.7. The van der Waals surface area contributed by atoms with E-state index in [1.165, 1.54) is 46.5 Å². The van der Waals surface area contributed by atoms with E-state index in [-0.39, 0.29) is 0 Å². The van der Waals surface area contributed by atoms with Gasteiger partial charge in [-0.25, -0.2) is 0 Å². The van der Waals surface area contributed by atoms with E-state index in [0.717, 1.165) is 51.3 Å². The molecule has 0 N–H and O–H groups in total. The Bertz CT molecular complexity index is 816. The van der Waals surface area contributed by atoms with Crippen molar-refractivity contribution in [3.05, 3.63) is 57.9 Å². The fourth-order valence-electron chi connectivity index (χ4n) is 4.45. The zero-order chi connectivity index (χ0) is 19.5. The molecule has 28 heavy (non-hydrogen) atoms. The van der Waals surface area contributed by atoms with E-state index >= 15 is 0 Å². The highest BCUT2D eigenvalue weighted by atomic mass is 16.5. The maximum atomic E-state index is 6.05. The van der Waals surface area contributed by atoms with Gasteiger partial charge in [-0.05, 0) is 54.2 Å². The number of hydrogen-bond acceptors (Lipinski definition) is 4. The molecule has 0 saturated carbocycles. The Morgan fingerprint density at radius 1 is 1.18 bits per heavy atom. The van der Waals surface area contributed by atoms with Gasteiger partial charge in [0.15, 0.2) is 0 Å². The molecular weight excluding hydrogens is 348 g/mol. The van der Waals surface area contributed by atoms with Crippen molar-refractivity contribution < 1.29 is 9.47 Å². The van der Waals surface area contributed by atoms with Crippen LogP contribution in [0.25, 0.3) is 0 Å². The van der Waals surface area contributed by atoms with Crippen LogP contribution in [-0.2, 0) is 43.7 Å². The molecule has 2 aliphatic rings. The standard InChI is InChI=1S/C24H32N2O2/c1-4-5-6-23-20-13-17(2)28-16-22(20)21-15-26(12-11-24(21)25-23)14-18-7-9-19(27-3)10-8-18/h7-10,17H,4-6,11-16H2,1-3H3/t17-/m0/s1. The predicted molar refractivity (Wildman–Crippen MR) is 112 cm³/mol. The van der Waals surface area contributed by atoms with E-state index in [2.05, 4.69) is 30.9 Å². The molecule has 4 nitrogen and oxygen atoms in total.